The average molecular weight is 245 g/mol. The van der Waals surface area contributed by atoms with E-state index in [0.717, 1.165) is 0 Å². The minimum Gasteiger partial charge on any atom is -0.389 e. The second-order valence-corrected chi connectivity index (χ2v) is 4.04. The van der Waals surface area contributed by atoms with Crippen molar-refractivity contribution in [2.75, 3.05) is 0 Å². The summed E-state index contributed by atoms with van der Waals surface area (Å²) in [4.78, 5) is 19.4. The van der Waals surface area contributed by atoms with Crippen molar-refractivity contribution in [3.8, 4) is 0 Å². The lowest BCUT2D eigenvalue weighted by atomic mass is 10.4. The van der Waals surface area contributed by atoms with Crippen LogP contribution in [0.5, 0.6) is 0 Å². The van der Waals surface area contributed by atoms with Gasteiger partial charge in [-0.1, -0.05) is 18.2 Å². The highest BCUT2D eigenvalue weighted by Crippen LogP contribution is 2.45. The van der Waals surface area contributed by atoms with Gasteiger partial charge in [0.05, 0.1) is 6.10 Å². The predicted molar refractivity (Wildman–Crippen MR) is 48.5 cm³/mol. The number of phosphoric acid groups is 1. The smallest absolute Gasteiger partial charge is 0.389 e. The monoisotopic (exact) mass is 244 g/mol. The minimum atomic E-state index is -4.59. The highest BCUT2D eigenvalue weighted by atomic mass is 35.5. The lowest BCUT2D eigenvalue weighted by molar-refractivity contribution is -0.130. The molecule has 2 N–H and O–H groups in total. The number of aliphatic hydroxyl groups is 1. The van der Waals surface area contributed by atoms with Crippen molar-refractivity contribution in [2.45, 2.75) is 18.6 Å². The molecule has 8 heteroatoms. The maximum Gasteiger partial charge on any atom is 0.531 e. The topological polar surface area (TPSA) is 93.1 Å². The summed E-state index contributed by atoms with van der Waals surface area (Å²) < 4.78 is 19.1. The van der Waals surface area contributed by atoms with Crippen LogP contribution in [0, 0.1) is 0 Å². The first-order valence-corrected chi connectivity index (χ1v) is 5.41. The van der Waals surface area contributed by atoms with Gasteiger partial charge in [-0.15, -0.1) is 0 Å². The number of hydrogen-bond donors (Lipinski definition) is 2. The normalized spacial score (nSPS) is 19.1. The Bertz CT molecular complexity index is 265. The van der Waals surface area contributed by atoms with Crippen LogP contribution in [0.25, 0.3) is 0 Å². The molecule has 0 amide bonds. The van der Waals surface area contributed by atoms with Gasteiger partial charge in [0.2, 0.25) is 0 Å². The number of carbonyl (C=O) groups excluding carboxylic acids is 1. The summed E-state index contributed by atoms with van der Waals surface area (Å²) in [6.45, 7) is 4.26. The molecule has 0 heterocycles. The molecule has 0 spiro atoms. The Balaban J connectivity index is 4.27. The van der Waals surface area contributed by atoms with Gasteiger partial charge in [0, 0.05) is 6.08 Å². The fourth-order valence-electron chi connectivity index (χ4n) is 0.388. The zero-order valence-electron chi connectivity index (χ0n) is 7.29. The predicted octanol–water partition coefficient (Wildman–Crippen LogP) is 0.778. The fourth-order valence-corrected chi connectivity index (χ4v) is 1.47. The van der Waals surface area contributed by atoms with Gasteiger partial charge in [-0.25, -0.2) is 9.36 Å². The highest BCUT2D eigenvalue weighted by molar-refractivity contribution is 7.48. The van der Waals surface area contributed by atoms with Crippen molar-refractivity contribution >= 4 is 25.4 Å². The van der Waals surface area contributed by atoms with E-state index in [1.54, 1.807) is 0 Å². The fraction of sp³-hybridized carbons (Fsp3) is 0.500. The summed E-state index contributed by atoms with van der Waals surface area (Å²) in [5.41, 5.74) is -1.44. The Hall–Kier alpha value is -0.390. The quantitative estimate of drug-likeness (QED) is 0.422. The molecule has 0 radical (unpaired) electrons. The molecule has 82 valence electrons. The molecule has 0 fully saturated rings. The van der Waals surface area contributed by atoms with Gasteiger partial charge in [-0.05, 0) is 6.92 Å². The molecular formula is C6H10ClO6P. The molecule has 14 heavy (non-hydrogen) atoms. The van der Waals surface area contributed by atoms with E-state index < -0.39 is 25.5 Å². The van der Waals surface area contributed by atoms with Gasteiger partial charge >= 0.3 is 13.8 Å². The van der Waals surface area contributed by atoms with Crippen LogP contribution >= 0.6 is 19.4 Å². The number of alkyl halides is 1. The number of halogens is 1. The molecule has 0 bridgehead atoms. The summed E-state index contributed by atoms with van der Waals surface area (Å²) in [7, 11) is -4.59. The van der Waals surface area contributed by atoms with E-state index >= 15 is 0 Å². The standard InChI is InChI=1S/C6H10ClO6P/c1-3-5(9)12-14(10,11)13-6(7)4(2)8/h3-4,6,8H,1H2,2H3,(H,10,11). The number of phosphoric ester groups is 1. The van der Waals surface area contributed by atoms with Crippen LogP contribution in [-0.4, -0.2) is 27.6 Å². The number of aliphatic hydroxyl groups excluding tert-OH is 1. The lowest BCUT2D eigenvalue weighted by Gasteiger charge is -2.16. The molecule has 3 atom stereocenters. The first-order chi connectivity index (χ1) is 6.28. The van der Waals surface area contributed by atoms with Gasteiger partial charge in [0.25, 0.3) is 0 Å². The zero-order chi connectivity index (χ0) is 11.4. The second-order valence-electron chi connectivity index (χ2n) is 2.28. The van der Waals surface area contributed by atoms with E-state index in [2.05, 4.69) is 15.6 Å². The third-order valence-electron chi connectivity index (χ3n) is 0.985. The summed E-state index contributed by atoms with van der Waals surface area (Å²) in [5, 5.41) is 8.83. The van der Waals surface area contributed by atoms with Gasteiger partial charge in [0.1, 0.15) is 0 Å². The maximum absolute atomic E-state index is 10.9. The van der Waals surface area contributed by atoms with E-state index in [-0.39, 0.29) is 0 Å². The van der Waals surface area contributed by atoms with Crippen LogP contribution in [0.4, 0.5) is 0 Å². The van der Waals surface area contributed by atoms with Gasteiger partial charge in [0.15, 0.2) is 5.56 Å². The number of carbonyl (C=O) groups is 1. The first kappa shape index (κ1) is 13.6. The Morgan fingerprint density at radius 1 is 1.71 bits per heavy atom. The molecule has 0 aromatic rings. The minimum absolute atomic E-state index is 0.692. The average Bonchev–Trinajstić information content (AvgIpc) is 2.02. The second kappa shape index (κ2) is 5.48. The van der Waals surface area contributed by atoms with Crippen molar-refractivity contribution < 1.29 is 28.4 Å². The molecule has 0 aliphatic carbocycles. The summed E-state index contributed by atoms with van der Waals surface area (Å²) in [6.07, 6.45) is -0.489. The first-order valence-electron chi connectivity index (χ1n) is 3.48. The number of hydrogen-bond acceptors (Lipinski definition) is 5. The van der Waals surface area contributed by atoms with Crippen LogP contribution in [0.3, 0.4) is 0 Å². The molecule has 0 aromatic carbocycles. The van der Waals surface area contributed by atoms with E-state index in [9.17, 15) is 9.36 Å². The van der Waals surface area contributed by atoms with Crippen molar-refractivity contribution in [1.29, 1.82) is 0 Å². The molecule has 6 nitrogen and oxygen atoms in total. The molecule has 0 aromatic heterocycles. The Labute approximate surface area is 85.7 Å². The van der Waals surface area contributed by atoms with E-state index in [4.69, 9.17) is 21.6 Å². The lowest BCUT2D eigenvalue weighted by Crippen LogP contribution is -2.19. The highest BCUT2D eigenvalue weighted by Gasteiger charge is 2.30. The van der Waals surface area contributed by atoms with Crippen molar-refractivity contribution in [3.63, 3.8) is 0 Å². The van der Waals surface area contributed by atoms with Crippen LogP contribution < -0.4 is 0 Å². The van der Waals surface area contributed by atoms with Crippen LogP contribution in [0.2, 0.25) is 0 Å². The molecule has 0 rings (SSSR count). The molecule has 3 unspecified atom stereocenters. The van der Waals surface area contributed by atoms with Crippen LogP contribution in [0.1, 0.15) is 6.92 Å². The number of rotatable bonds is 5. The molecule has 0 saturated heterocycles. The summed E-state index contributed by atoms with van der Waals surface area (Å²) >= 11 is 5.31. The van der Waals surface area contributed by atoms with E-state index in [1.165, 1.54) is 6.92 Å². The third-order valence-corrected chi connectivity index (χ3v) is 2.47. The van der Waals surface area contributed by atoms with Crippen molar-refractivity contribution in [1.82, 2.24) is 0 Å². The van der Waals surface area contributed by atoms with Crippen molar-refractivity contribution in [2.24, 2.45) is 0 Å². The van der Waals surface area contributed by atoms with Crippen LogP contribution in [-0.2, 0) is 18.4 Å². The largest absolute Gasteiger partial charge is 0.531 e. The molecule has 0 saturated carbocycles. The van der Waals surface area contributed by atoms with Crippen molar-refractivity contribution in [3.05, 3.63) is 12.7 Å². The maximum atomic E-state index is 10.9. The third kappa shape index (κ3) is 5.36. The molecule has 0 aliphatic rings. The summed E-state index contributed by atoms with van der Waals surface area (Å²) in [5.74, 6) is -1.12. The van der Waals surface area contributed by atoms with E-state index in [0.29, 0.717) is 6.08 Å². The van der Waals surface area contributed by atoms with Gasteiger partial charge < -0.3 is 9.63 Å². The van der Waals surface area contributed by atoms with Gasteiger partial charge in [-0.3, -0.25) is 9.42 Å². The molecule has 0 aliphatic heterocycles. The van der Waals surface area contributed by atoms with Crippen LogP contribution in [0.15, 0.2) is 12.7 Å². The molecular weight excluding hydrogens is 234 g/mol. The Kier molecular flexibility index (Phi) is 5.33. The SMILES string of the molecule is C=CC(=O)OP(=O)(O)OC(Cl)C(C)O. The van der Waals surface area contributed by atoms with E-state index in [1.807, 2.05) is 0 Å². The Morgan fingerprint density at radius 2 is 2.21 bits per heavy atom. The summed E-state index contributed by atoms with van der Waals surface area (Å²) in [6, 6.07) is 0. The Morgan fingerprint density at radius 3 is 2.57 bits per heavy atom. The van der Waals surface area contributed by atoms with Gasteiger partial charge in [-0.2, -0.15) is 0 Å². The zero-order valence-corrected chi connectivity index (χ0v) is 8.94.